The van der Waals surface area contributed by atoms with Crippen molar-refractivity contribution in [3.63, 3.8) is 0 Å². The zero-order valence-electron chi connectivity index (χ0n) is 14.5. The van der Waals surface area contributed by atoms with Crippen LogP contribution in [0.3, 0.4) is 0 Å². The number of quaternary nitrogens is 1. The molecular formula is C19H23N2O3S+. The number of rotatable bonds is 7. The Kier molecular flexibility index (Phi) is 5.50. The molecule has 2 aromatic rings. The molecule has 0 bridgehead atoms. The van der Waals surface area contributed by atoms with Gasteiger partial charge in [0.25, 0.3) is 5.91 Å². The summed E-state index contributed by atoms with van der Waals surface area (Å²) in [6, 6.07) is 8.89. The molecule has 0 radical (unpaired) electrons. The normalized spacial score (nSPS) is 17.4. The average Bonchev–Trinajstić information content (AvgIpc) is 3.12. The van der Waals surface area contributed by atoms with Crippen molar-refractivity contribution in [1.29, 1.82) is 0 Å². The smallest absolute Gasteiger partial charge is 0.292 e. The number of anilines is 1. The summed E-state index contributed by atoms with van der Waals surface area (Å²) in [7, 11) is 0. The van der Waals surface area contributed by atoms with Gasteiger partial charge in [0.2, 0.25) is 5.91 Å². The molecule has 2 amide bonds. The summed E-state index contributed by atoms with van der Waals surface area (Å²) < 4.78 is 5.40. The summed E-state index contributed by atoms with van der Waals surface area (Å²) in [6.07, 6.45) is 1.18. The monoisotopic (exact) mass is 359 g/mol. The summed E-state index contributed by atoms with van der Waals surface area (Å²) in [5.74, 6) is 0.472. The number of amides is 2. The van der Waals surface area contributed by atoms with E-state index in [2.05, 4.69) is 18.4 Å². The van der Waals surface area contributed by atoms with E-state index in [0.717, 1.165) is 18.7 Å². The predicted molar refractivity (Wildman–Crippen MR) is 98.1 cm³/mol. The second-order valence-corrected chi connectivity index (χ2v) is 7.11. The first-order chi connectivity index (χ1) is 12.1. The van der Waals surface area contributed by atoms with Crippen molar-refractivity contribution in [3.8, 4) is 5.75 Å². The Hall–Kier alpha value is -2.18. The van der Waals surface area contributed by atoms with Crippen LogP contribution in [-0.4, -0.2) is 31.0 Å². The molecule has 0 aliphatic carbocycles. The fourth-order valence-electron chi connectivity index (χ4n) is 3.04. The number of benzene rings is 1. The Morgan fingerprint density at radius 1 is 1.24 bits per heavy atom. The number of carbonyl (C=O) groups excluding carboxylic acids is 2. The quantitative estimate of drug-likeness (QED) is 0.768. The van der Waals surface area contributed by atoms with Crippen molar-refractivity contribution in [2.24, 2.45) is 0 Å². The highest BCUT2D eigenvalue weighted by atomic mass is 32.1. The van der Waals surface area contributed by atoms with Crippen molar-refractivity contribution in [1.82, 2.24) is 0 Å². The van der Waals surface area contributed by atoms with Crippen molar-refractivity contribution in [2.45, 2.75) is 32.7 Å². The van der Waals surface area contributed by atoms with E-state index in [9.17, 15) is 9.59 Å². The first-order valence-electron chi connectivity index (χ1n) is 8.56. The lowest BCUT2D eigenvalue weighted by molar-refractivity contribution is -0.674. The van der Waals surface area contributed by atoms with Gasteiger partial charge in [0.15, 0.2) is 6.04 Å². The summed E-state index contributed by atoms with van der Waals surface area (Å²) in [5.41, 5.74) is 1.91. The van der Waals surface area contributed by atoms with Crippen LogP contribution in [0.2, 0.25) is 0 Å². The molecule has 0 saturated carbocycles. The Labute approximate surface area is 151 Å². The van der Waals surface area contributed by atoms with E-state index < -0.39 is 0 Å². The molecule has 1 aromatic carbocycles. The van der Waals surface area contributed by atoms with Gasteiger partial charge in [-0.1, -0.05) is 0 Å². The molecule has 5 nitrogen and oxygen atoms in total. The van der Waals surface area contributed by atoms with E-state index in [-0.39, 0.29) is 24.3 Å². The number of nitrogens with zero attached hydrogens (tertiary/aromatic N) is 1. The van der Waals surface area contributed by atoms with Gasteiger partial charge in [0.1, 0.15) is 5.75 Å². The Morgan fingerprint density at radius 2 is 2.00 bits per heavy atom. The molecule has 2 heterocycles. The molecule has 6 heteroatoms. The van der Waals surface area contributed by atoms with Crippen molar-refractivity contribution in [3.05, 3.63) is 46.2 Å². The first-order valence-corrected chi connectivity index (χ1v) is 9.44. The molecule has 1 atom stereocenters. The minimum absolute atomic E-state index is 0.128. The summed E-state index contributed by atoms with van der Waals surface area (Å²) >= 11 is 1.74. The Bertz CT molecular complexity index is 754. The lowest BCUT2D eigenvalue weighted by Crippen LogP contribution is -2.92. The van der Waals surface area contributed by atoms with E-state index >= 15 is 0 Å². The molecular weight excluding hydrogens is 336 g/mol. The zero-order chi connectivity index (χ0) is 17.8. The fraction of sp³-hybridized carbons (Fsp3) is 0.368. The van der Waals surface area contributed by atoms with Gasteiger partial charge in [-0.3, -0.25) is 9.59 Å². The SMILES string of the molecule is CCOc1ccc(N2C(=O)C[C@@H]([NH2+]CCc3sccc3C)C2=O)cc1. The summed E-state index contributed by atoms with van der Waals surface area (Å²) in [4.78, 5) is 27.6. The fourth-order valence-corrected chi connectivity index (χ4v) is 3.97. The first kappa shape index (κ1) is 17.6. The highest BCUT2D eigenvalue weighted by Gasteiger charge is 2.42. The average molecular weight is 359 g/mol. The largest absolute Gasteiger partial charge is 0.494 e. The molecule has 1 fully saturated rings. The number of hydrogen-bond acceptors (Lipinski definition) is 4. The van der Waals surface area contributed by atoms with Gasteiger partial charge in [0.05, 0.1) is 25.3 Å². The van der Waals surface area contributed by atoms with Crippen LogP contribution in [0.15, 0.2) is 35.7 Å². The minimum Gasteiger partial charge on any atom is -0.494 e. The molecule has 1 aliphatic heterocycles. The molecule has 25 heavy (non-hydrogen) atoms. The summed E-state index contributed by atoms with van der Waals surface area (Å²) in [5, 5.41) is 4.08. The Balaban J connectivity index is 1.60. The van der Waals surface area contributed by atoms with Crippen LogP contribution < -0.4 is 15.0 Å². The van der Waals surface area contributed by atoms with E-state index in [1.165, 1.54) is 15.3 Å². The molecule has 2 N–H and O–H groups in total. The van der Waals surface area contributed by atoms with E-state index in [1.54, 1.807) is 35.6 Å². The number of thiophene rings is 1. The predicted octanol–water partition coefficient (Wildman–Crippen LogP) is 1.89. The number of nitrogens with two attached hydrogens (primary N) is 1. The highest BCUT2D eigenvalue weighted by molar-refractivity contribution is 7.10. The number of ether oxygens (including phenoxy) is 1. The topological polar surface area (TPSA) is 63.2 Å². The summed E-state index contributed by atoms with van der Waals surface area (Å²) in [6.45, 7) is 5.41. The Morgan fingerprint density at radius 3 is 2.64 bits per heavy atom. The van der Waals surface area contributed by atoms with Crippen LogP contribution in [0.1, 0.15) is 23.8 Å². The third kappa shape index (κ3) is 3.91. The molecule has 1 aliphatic rings. The van der Waals surface area contributed by atoms with Crippen molar-refractivity contribution < 1.29 is 19.6 Å². The maximum Gasteiger partial charge on any atom is 0.292 e. The van der Waals surface area contributed by atoms with Crippen molar-refractivity contribution >= 4 is 28.8 Å². The van der Waals surface area contributed by atoms with Crippen LogP contribution in [-0.2, 0) is 16.0 Å². The minimum atomic E-state index is -0.320. The van der Waals surface area contributed by atoms with Gasteiger partial charge in [-0.2, -0.15) is 0 Å². The van der Waals surface area contributed by atoms with Gasteiger partial charge in [-0.05, 0) is 55.1 Å². The third-order valence-electron chi connectivity index (χ3n) is 4.38. The van der Waals surface area contributed by atoms with Gasteiger partial charge < -0.3 is 10.1 Å². The maximum atomic E-state index is 12.6. The molecule has 1 saturated heterocycles. The van der Waals surface area contributed by atoms with Crippen LogP contribution in [0, 0.1) is 6.92 Å². The molecule has 132 valence electrons. The molecule has 0 spiro atoms. The van der Waals surface area contributed by atoms with Crippen LogP contribution in [0.25, 0.3) is 0 Å². The molecule has 1 aromatic heterocycles. The van der Waals surface area contributed by atoms with Gasteiger partial charge in [-0.15, -0.1) is 11.3 Å². The van der Waals surface area contributed by atoms with E-state index in [0.29, 0.717) is 12.3 Å². The third-order valence-corrected chi connectivity index (χ3v) is 5.46. The zero-order valence-corrected chi connectivity index (χ0v) is 15.3. The van der Waals surface area contributed by atoms with Gasteiger partial charge >= 0.3 is 0 Å². The van der Waals surface area contributed by atoms with E-state index in [4.69, 9.17) is 4.74 Å². The number of carbonyl (C=O) groups is 2. The maximum absolute atomic E-state index is 12.6. The van der Waals surface area contributed by atoms with Gasteiger partial charge in [-0.25, -0.2) is 4.90 Å². The second kappa shape index (κ2) is 7.80. The van der Waals surface area contributed by atoms with Crippen LogP contribution >= 0.6 is 11.3 Å². The van der Waals surface area contributed by atoms with Crippen LogP contribution in [0.4, 0.5) is 5.69 Å². The molecule has 3 rings (SSSR count). The molecule has 0 unspecified atom stereocenters. The number of imide groups is 1. The van der Waals surface area contributed by atoms with Crippen molar-refractivity contribution in [2.75, 3.05) is 18.1 Å². The lowest BCUT2D eigenvalue weighted by atomic mass is 10.2. The standard InChI is InChI=1S/C19H22N2O3S/c1-3-24-15-6-4-14(5-7-15)21-18(22)12-16(19(21)23)20-10-8-17-13(2)9-11-25-17/h4-7,9,11,16,20H,3,8,10,12H2,1-2H3/p+1/t16-/m1/s1. The number of hydrogen-bond donors (Lipinski definition) is 1. The lowest BCUT2D eigenvalue weighted by Gasteiger charge is -2.14. The highest BCUT2D eigenvalue weighted by Crippen LogP contribution is 2.24. The number of aryl methyl sites for hydroxylation is 1. The van der Waals surface area contributed by atoms with E-state index in [1.807, 2.05) is 12.2 Å². The van der Waals surface area contributed by atoms with Gasteiger partial charge in [0, 0.05) is 11.3 Å². The second-order valence-electron chi connectivity index (χ2n) is 6.11. The van der Waals surface area contributed by atoms with Crippen LogP contribution in [0.5, 0.6) is 5.75 Å².